The minimum absolute atomic E-state index is 0.00590. The predicted octanol–water partition coefficient (Wildman–Crippen LogP) is 4.34. The van der Waals surface area contributed by atoms with Crippen molar-refractivity contribution in [3.05, 3.63) is 29.3 Å². The van der Waals surface area contributed by atoms with Crippen LogP contribution in [0.3, 0.4) is 0 Å². The van der Waals surface area contributed by atoms with Gasteiger partial charge in [-0.05, 0) is 57.1 Å². The van der Waals surface area contributed by atoms with Crippen molar-refractivity contribution in [3.8, 4) is 11.5 Å². The number of allylic oxidation sites excluding steroid dienone is 1. The van der Waals surface area contributed by atoms with E-state index in [4.69, 9.17) is 9.47 Å². The smallest absolute Gasteiger partial charge is 0.322 e. The van der Waals surface area contributed by atoms with Gasteiger partial charge in [0.1, 0.15) is 11.5 Å². The quantitative estimate of drug-likeness (QED) is 0.831. The lowest BCUT2D eigenvalue weighted by atomic mass is 9.82. The zero-order valence-electron chi connectivity index (χ0n) is 15.0. The molecule has 25 heavy (non-hydrogen) atoms. The Kier molecular flexibility index (Phi) is 4.32. The number of hydrogen-bond donors (Lipinski definition) is 1. The Morgan fingerprint density at radius 1 is 1.08 bits per heavy atom. The van der Waals surface area contributed by atoms with Crippen molar-refractivity contribution in [3.63, 3.8) is 0 Å². The maximum atomic E-state index is 12.9. The van der Waals surface area contributed by atoms with E-state index >= 15 is 0 Å². The van der Waals surface area contributed by atoms with Gasteiger partial charge in [0, 0.05) is 18.2 Å². The molecule has 2 amide bonds. The van der Waals surface area contributed by atoms with Gasteiger partial charge in [-0.1, -0.05) is 11.1 Å². The summed E-state index contributed by atoms with van der Waals surface area (Å²) in [6.45, 7) is 0. The first-order valence-electron chi connectivity index (χ1n) is 9.20. The number of nitrogens with one attached hydrogen (secondary N) is 1. The second-order valence-electron chi connectivity index (χ2n) is 7.26. The Morgan fingerprint density at radius 3 is 2.36 bits per heavy atom. The van der Waals surface area contributed by atoms with Gasteiger partial charge in [0.25, 0.3) is 0 Å². The molecule has 1 aliphatic carbocycles. The standard InChI is InChI=1S/C20H26N2O3/c1-24-17-8-9-18(19(12-17)25-2)21-20(23)22-15-6-7-16(22)11-14(10-15)13-4-3-5-13/h8-9,12,15-16H,3-7,10-11H2,1-2H3,(H,21,23). The van der Waals surface area contributed by atoms with Gasteiger partial charge in [0.2, 0.25) is 0 Å². The summed E-state index contributed by atoms with van der Waals surface area (Å²) in [6.07, 6.45) is 8.28. The molecule has 2 aliphatic heterocycles. The summed E-state index contributed by atoms with van der Waals surface area (Å²) in [5, 5.41) is 3.05. The number of benzene rings is 1. The molecular weight excluding hydrogens is 316 g/mol. The maximum Gasteiger partial charge on any atom is 0.322 e. The molecule has 2 bridgehead atoms. The Balaban J connectivity index is 1.49. The average Bonchev–Trinajstić information content (AvgIpc) is 2.84. The van der Waals surface area contributed by atoms with E-state index in [2.05, 4.69) is 10.2 Å². The zero-order chi connectivity index (χ0) is 17.4. The lowest BCUT2D eigenvalue weighted by Gasteiger charge is -2.38. The van der Waals surface area contributed by atoms with Crippen LogP contribution in [0.15, 0.2) is 29.3 Å². The normalized spacial score (nSPS) is 24.8. The summed E-state index contributed by atoms with van der Waals surface area (Å²) < 4.78 is 10.6. The second-order valence-corrected chi connectivity index (χ2v) is 7.26. The van der Waals surface area contributed by atoms with Crippen molar-refractivity contribution in [1.29, 1.82) is 0 Å². The molecule has 1 aromatic carbocycles. The Bertz CT molecular complexity index is 691. The highest BCUT2D eigenvalue weighted by molar-refractivity contribution is 5.92. The number of piperidine rings is 1. The van der Waals surface area contributed by atoms with Crippen molar-refractivity contribution in [1.82, 2.24) is 4.90 Å². The van der Waals surface area contributed by atoms with Crippen molar-refractivity contribution in [2.75, 3.05) is 19.5 Å². The zero-order valence-corrected chi connectivity index (χ0v) is 15.0. The van der Waals surface area contributed by atoms with Gasteiger partial charge in [-0.15, -0.1) is 0 Å². The lowest BCUT2D eigenvalue weighted by molar-refractivity contribution is 0.173. The number of fused-ring (bicyclic) bond motifs is 2. The number of urea groups is 1. The number of rotatable bonds is 3. The Labute approximate surface area is 149 Å². The number of anilines is 1. The molecule has 3 aliphatic rings. The summed E-state index contributed by atoms with van der Waals surface area (Å²) in [5.41, 5.74) is 4.01. The summed E-state index contributed by atoms with van der Waals surface area (Å²) in [6, 6.07) is 6.16. The van der Waals surface area contributed by atoms with Gasteiger partial charge in [-0.3, -0.25) is 0 Å². The van der Waals surface area contributed by atoms with Crippen LogP contribution >= 0.6 is 0 Å². The van der Waals surface area contributed by atoms with Crippen molar-refractivity contribution in [2.24, 2.45) is 0 Å². The molecule has 2 heterocycles. The fraction of sp³-hybridized carbons (Fsp3) is 0.550. The topological polar surface area (TPSA) is 50.8 Å². The van der Waals surface area contributed by atoms with Crippen LogP contribution in [0.4, 0.5) is 10.5 Å². The number of nitrogens with zero attached hydrogens (tertiary/aromatic N) is 1. The van der Waals surface area contributed by atoms with Gasteiger partial charge >= 0.3 is 6.03 Å². The van der Waals surface area contributed by atoms with Gasteiger partial charge in [-0.25, -0.2) is 4.79 Å². The molecule has 3 fully saturated rings. The summed E-state index contributed by atoms with van der Waals surface area (Å²) in [4.78, 5) is 15.0. The summed E-state index contributed by atoms with van der Waals surface area (Å²) in [5.74, 6) is 1.33. The number of carbonyl (C=O) groups is 1. The van der Waals surface area contributed by atoms with E-state index in [1.54, 1.807) is 31.4 Å². The molecule has 2 saturated heterocycles. The second kappa shape index (κ2) is 6.62. The van der Waals surface area contributed by atoms with E-state index in [-0.39, 0.29) is 6.03 Å². The first kappa shape index (κ1) is 16.3. The van der Waals surface area contributed by atoms with Crippen LogP contribution in [0.1, 0.15) is 44.9 Å². The predicted molar refractivity (Wildman–Crippen MR) is 97.3 cm³/mol. The molecule has 134 valence electrons. The van der Waals surface area contributed by atoms with E-state index in [9.17, 15) is 4.79 Å². The third kappa shape index (κ3) is 2.96. The van der Waals surface area contributed by atoms with Crippen LogP contribution in [-0.4, -0.2) is 37.2 Å². The van der Waals surface area contributed by atoms with E-state index in [1.807, 2.05) is 12.1 Å². The molecule has 0 radical (unpaired) electrons. The number of methoxy groups -OCH3 is 2. The van der Waals surface area contributed by atoms with Crippen molar-refractivity contribution >= 4 is 11.7 Å². The Hall–Kier alpha value is -2.17. The van der Waals surface area contributed by atoms with Gasteiger partial charge in [-0.2, -0.15) is 0 Å². The molecule has 2 atom stereocenters. The summed E-state index contributed by atoms with van der Waals surface area (Å²) >= 11 is 0. The van der Waals surface area contributed by atoms with Crippen LogP contribution in [0.25, 0.3) is 0 Å². The minimum Gasteiger partial charge on any atom is -0.497 e. The highest BCUT2D eigenvalue weighted by atomic mass is 16.5. The molecule has 5 heteroatoms. The number of hydrogen-bond acceptors (Lipinski definition) is 3. The SMILES string of the molecule is COc1ccc(NC(=O)N2C3CCC2CC(=C2CCC2)C3)c(OC)c1. The molecule has 4 rings (SSSR count). The average molecular weight is 342 g/mol. The third-order valence-corrected chi connectivity index (χ3v) is 5.93. The number of amides is 2. The highest BCUT2D eigenvalue weighted by Crippen LogP contribution is 2.43. The minimum atomic E-state index is -0.00590. The summed E-state index contributed by atoms with van der Waals surface area (Å²) in [7, 11) is 3.22. The van der Waals surface area contributed by atoms with Crippen molar-refractivity contribution in [2.45, 2.75) is 57.0 Å². The number of ether oxygens (including phenoxy) is 2. The van der Waals surface area contributed by atoms with Gasteiger partial charge in [0.15, 0.2) is 0 Å². The van der Waals surface area contributed by atoms with E-state index in [0.29, 0.717) is 29.3 Å². The van der Waals surface area contributed by atoms with E-state index in [1.165, 1.54) is 19.3 Å². The molecule has 5 nitrogen and oxygen atoms in total. The molecular formula is C20H26N2O3. The molecule has 1 saturated carbocycles. The molecule has 1 N–H and O–H groups in total. The first-order valence-corrected chi connectivity index (χ1v) is 9.20. The molecule has 0 aromatic heterocycles. The van der Waals surface area contributed by atoms with Crippen LogP contribution in [0, 0.1) is 0 Å². The van der Waals surface area contributed by atoms with Crippen LogP contribution in [-0.2, 0) is 0 Å². The monoisotopic (exact) mass is 342 g/mol. The maximum absolute atomic E-state index is 12.9. The van der Waals surface area contributed by atoms with Crippen molar-refractivity contribution < 1.29 is 14.3 Å². The Morgan fingerprint density at radius 2 is 1.80 bits per heavy atom. The van der Waals surface area contributed by atoms with Crippen LogP contribution in [0.2, 0.25) is 0 Å². The fourth-order valence-corrected chi connectivity index (χ4v) is 4.42. The molecule has 0 spiro atoms. The van der Waals surface area contributed by atoms with E-state index in [0.717, 1.165) is 25.7 Å². The third-order valence-electron chi connectivity index (χ3n) is 5.93. The largest absolute Gasteiger partial charge is 0.497 e. The fourth-order valence-electron chi connectivity index (χ4n) is 4.42. The first-order chi connectivity index (χ1) is 12.2. The lowest BCUT2D eigenvalue weighted by Crippen LogP contribution is -2.47. The number of carbonyl (C=O) groups excluding carboxylic acids is 1. The molecule has 2 unspecified atom stereocenters. The van der Waals surface area contributed by atoms with Crippen LogP contribution < -0.4 is 14.8 Å². The highest BCUT2D eigenvalue weighted by Gasteiger charge is 2.42. The van der Waals surface area contributed by atoms with E-state index < -0.39 is 0 Å². The van der Waals surface area contributed by atoms with Gasteiger partial charge in [0.05, 0.1) is 19.9 Å². The van der Waals surface area contributed by atoms with Gasteiger partial charge < -0.3 is 19.7 Å². The molecule has 1 aromatic rings. The van der Waals surface area contributed by atoms with Crippen LogP contribution in [0.5, 0.6) is 11.5 Å².